The summed E-state index contributed by atoms with van der Waals surface area (Å²) in [5, 5.41) is 2.86. The van der Waals surface area contributed by atoms with E-state index in [0.29, 0.717) is 0 Å². The van der Waals surface area contributed by atoms with Crippen LogP contribution in [0, 0.1) is 0 Å². The first kappa shape index (κ1) is 19.4. The number of hydrogen-bond acceptors (Lipinski definition) is 8. The minimum atomic E-state index is -4.55. The van der Waals surface area contributed by atoms with E-state index in [9.17, 15) is 22.8 Å². The zero-order chi connectivity index (χ0) is 20.6. The maximum Gasteiger partial charge on any atom is 0.416 e. The molecule has 146 valence electrons. The Bertz CT molecular complexity index is 1100. The molecule has 0 saturated carbocycles. The Hall–Kier alpha value is -3.41. The van der Waals surface area contributed by atoms with Gasteiger partial charge in [-0.1, -0.05) is 12.1 Å². The average Bonchev–Trinajstić information content (AvgIpc) is 2.96. The van der Waals surface area contributed by atoms with E-state index in [0.717, 1.165) is 23.5 Å². The second-order valence-electron chi connectivity index (χ2n) is 5.46. The number of alkyl halides is 3. The largest absolute Gasteiger partial charge is 0.416 e. The Balaban J connectivity index is 2.26. The van der Waals surface area contributed by atoms with Crippen LogP contribution in [-0.2, 0) is 10.9 Å². The van der Waals surface area contributed by atoms with Gasteiger partial charge in [-0.2, -0.15) is 13.2 Å². The standard InChI is InChI=1S/C16H12F3N5O3S/c1-22-15-23-10(6-3-2-4-7(5-6)16(17,18)19)8-9(20)11(28-12(8)24-15)13(25)27-14(21)26/h2-5H,20H2,1H3,(H2,21,26)(H,22,23,24). The summed E-state index contributed by atoms with van der Waals surface area (Å²) >= 11 is 0.801. The van der Waals surface area contributed by atoms with Crippen molar-refractivity contribution in [3.8, 4) is 11.3 Å². The van der Waals surface area contributed by atoms with Crippen LogP contribution in [0.15, 0.2) is 24.3 Å². The van der Waals surface area contributed by atoms with Gasteiger partial charge in [-0.3, -0.25) is 0 Å². The van der Waals surface area contributed by atoms with Crippen LogP contribution in [0.5, 0.6) is 0 Å². The summed E-state index contributed by atoms with van der Waals surface area (Å²) in [5.41, 5.74) is 10.1. The Morgan fingerprint density at radius 1 is 1.25 bits per heavy atom. The average molecular weight is 411 g/mol. The number of amides is 1. The highest BCUT2D eigenvalue weighted by Gasteiger charge is 2.31. The lowest BCUT2D eigenvalue weighted by atomic mass is 10.0. The molecule has 3 rings (SSSR count). The topological polar surface area (TPSA) is 133 Å². The molecule has 0 aliphatic heterocycles. The van der Waals surface area contributed by atoms with E-state index < -0.39 is 23.8 Å². The zero-order valence-electron chi connectivity index (χ0n) is 14.1. The second-order valence-corrected chi connectivity index (χ2v) is 6.46. The molecule has 0 spiro atoms. The molecular formula is C16H12F3N5O3S. The number of rotatable bonds is 3. The monoisotopic (exact) mass is 411 g/mol. The normalized spacial score (nSPS) is 11.4. The van der Waals surface area contributed by atoms with Crippen LogP contribution >= 0.6 is 11.3 Å². The predicted molar refractivity (Wildman–Crippen MR) is 96.8 cm³/mol. The molecular weight excluding hydrogens is 399 g/mol. The molecule has 0 aliphatic carbocycles. The van der Waals surface area contributed by atoms with Crippen LogP contribution in [0.1, 0.15) is 15.2 Å². The van der Waals surface area contributed by atoms with Crippen molar-refractivity contribution in [2.24, 2.45) is 5.73 Å². The molecule has 0 radical (unpaired) electrons. The number of carbonyl (C=O) groups excluding carboxylic acids is 2. The lowest BCUT2D eigenvalue weighted by Crippen LogP contribution is -2.18. The fraction of sp³-hybridized carbons (Fsp3) is 0.125. The van der Waals surface area contributed by atoms with Gasteiger partial charge >= 0.3 is 18.2 Å². The van der Waals surface area contributed by atoms with Crippen molar-refractivity contribution in [2.45, 2.75) is 6.18 Å². The van der Waals surface area contributed by atoms with Gasteiger partial charge in [0.05, 0.1) is 22.3 Å². The predicted octanol–water partition coefficient (Wildman–Crippen LogP) is 3.24. The van der Waals surface area contributed by atoms with Crippen molar-refractivity contribution >= 4 is 45.3 Å². The molecule has 3 aromatic rings. The van der Waals surface area contributed by atoms with Crippen molar-refractivity contribution in [2.75, 3.05) is 18.1 Å². The van der Waals surface area contributed by atoms with Crippen LogP contribution in [0.25, 0.3) is 21.5 Å². The number of nitrogens with one attached hydrogen (secondary N) is 1. The molecule has 0 unspecified atom stereocenters. The van der Waals surface area contributed by atoms with E-state index in [2.05, 4.69) is 20.0 Å². The minimum absolute atomic E-state index is 0.0901. The Kier molecular flexibility index (Phi) is 4.81. The quantitative estimate of drug-likeness (QED) is 0.445. The first-order chi connectivity index (χ1) is 13.1. The molecule has 0 saturated heterocycles. The maximum atomic E-state index is 13.1. The maximum absolute atomic E-state index is 13.1. The lowest BCUT2D eigenvalue weighted by Gasteiger charge is -2.10. The van der Waals surface area contributed by atoms with Crippen molar-refractivity contribution < 1.29 is 27.5 Å². The van der Waals surface area contributed by atoms with Gasteiger partial charge in [0.15, 0.2) is 0 Å². The third-order valence-electron chi connectivity index (χ3n) is 3.65. The smallest absolute Gasteiger partial charge is 0.397 e. The number of carbonyl (C=O) groups is 2. The van der Waals surface area contributed by atoms with Crippen molar-refractivity contribution in [3.05, 3.63) is 34.7 Å². The SMILES string of the molecule is CNc1nc(-c2cccc(C(F)(F)F)c2)c2c(N)c(C(=O)OC(N)=O)sc2n1. The number of anilines is 2. The van der Waals surface area contributed by atoms with Gasteiger partial charge in [0, 0.05) is 12.6 Å². The van der Waals surface area contributed by atoms with Gasteiger partial charge < -0.3 is 21.5 Å². The summed E-state index contributed by atoms with van der Waals surface area (Å²) in [4.78, 5) is 31.3. The molecule has 0 bridgehead atoms. The number of esters is 1. The number of benzene rings is 1. The zero-order valence-corrected chi connectivity index (χ0v) is 14.9. The summed E-state index contributed by atoms with van der Waals surface area (Å²) < 4.78 is 43.6. The van der Waals surface area contributed by atoms with E-state index >= 15 is 0 Å². The molecule has 1 amide bonds. The van der Waals surface area contributed by atoms with E-state index in [-0.39, 0.29) is 38.0 Å². The van der Waals surface area contributed by atoms with Crippen molar-refractivity contribution in [1.29, 1.82) is 0 Å². The van der Waals surface area contributed by atoms with Gasteiger partial charge in [0.1, 0.15) is 9.71 Å². The lowest BCUT2D eigenvalue weighted by molar-refractivity contribution is -0.137. The highest BCUT2D eigenvalue weighted by molar-refractivity contribution is 7.21. The van der Waals surface area contributed by atoms with Gasteiger partial charge in [-0.05, 0) is 12.1 Å². The molecule has 28 heavy (non-hydrogen) atoms. The summed E-state index contributed by atoms with van der Waals surface area (Å²) in [6.45, 7) is 0. The van der Waals surface area contributed by atoms with Crippen LogP contribution in [0.3, 0.4) is 0 Å². The highest BCUT2D eigenvalue weighted by Crippen LogP contribution is 2.40. The number of aromatic nitrogens is 2. The summed E-state index contributed by atoms with van der Waals surface area (Å²) in [5.74, 6) is -0.981. The van der Waals surface area contributed by atoms with E-state index in [4.69, 9.17) is 11.5 Å². The summed E-state index contributed by atoms with van der Waals surface area (Å²) in [6.07, 6.45) is -5.87. The fourth-order valence-electron chi connectivity index (χ4n) is 2.47. The number of primary amides is 1. The molecule has 0 fully saturated rings. The number of ether oxygens (including phenoxy) is 1. The minimum Gasteiger partial charge on any atom is -0.397 e. The van der Waals surface area contributed by atoms with Gasteiger partial charge in [0.25, 0.3) is 0 Å². The molecule has 0 atom stereocenters. The number of fused-ring (bicyclic) bond motifs is 1. The fourth-order valence-corrected chi connectivity index (χ4v) is 3.45. The molecule has 2 aromatic heterocycles. The van der Waals surface area contributed by atoms with Crippen molar-refractivity contribution in [3.63, 3.8) is 0 Å². The number of nitrogens with zero attached hydrogens (tertiary/aromatic N) is 2. The first-order valence-corrected chi connectivity index (χ1v) is 8.40. The number of nitrogen functional groups attached to an aromatic ring is 1. The van der Waals surface area contributed by atoms with Crippen LogP contribution in [-0.4, -0.2) is 29.1 Å². The summed E-state index contributed by atoms with van der Waals surface area (Å²) in [7, 11) is 1.52. The van der Waals surface area contributed by atoms with Gasteiger partial charge in [-0.25, -0.2) is 19.6 Å². The van der Waals surface area contributed by atoms with Crippen molar-refractivity contribution in [1.82, 2.24) is 9.97 Å². The Labute approximate surface area is 159 Å². The molecule has 12 heteroatoms. The molecule has 5 N–H and O–H groups in total. The number of hydrogen-bond donors (Lipinski definition) is 3. The van der Waals surface area contributed by atoms with Gasteiger partial charge in [-0.15, -0.1) is 11.3 Å². The number of nitrogens with two attached hydrogens (primary N) is 2. The van der Waals surface area contributed by atoms with E-state index in [1.165, 1.54) is 19.2 Å². The van der Waals surface area contributed by atoms with Crippen LogP contribution in [0.4, 0.5) is 29.6 Å². The number of halogens is 3. The van der Waals surface area contributed by atoms with E-state index in [1.54, 1.807) is 0 Å². The second kappa shape index (κ2) is 6.96. The van der Waals surface area contributed by atoms with Gasteiger partial charge in [0.2, 0.25) is 5.95 Å². The number of thiophene rings is 1. The third-order valence-corrected chi connectivity index (χ3v) is 4.73. The molecule has 2 heterocycles. The summed E-state index contributed by atoms with van der Waals surface area (Å²) in [6, 6.07) is 4.50. The molecule has 1 aromatic carbocycles. The van der Waals surface area contributed by atoms with Crippen LogP contribution < -0.4 is 16.8 Å². The molecule has 0 aliphatic rings. The Morgan fingerprint density at radius 3 is 2.57 bits per heavy atom. The Morgan fingerprint density at radius 2 is 1.96 bits per heavy atom. The van der Waals surface area contributed by atoms with Crippen LogP contribution in [0.2, 0.25) is 0 Å². The first-order valence-electron chi connectivity index (χ1n) is 7.58. The third kappa shape index (κ3) is 3.53. The highest BCUT2D eigenvalue weighted by atomic mass is 32.1. The van der Waals surface area contributed by atoms with E-state index in [1.807, 2.05) is 0 Å². The molecule has 8 nitrogen and oxygen atoms in total.